The predicted octanol–water partition coefficient (Wildman–Crippen LogP) is 1.28. The van der Waals surface area contributed by atoms with Gasteiger partial charge in [-0.05, 0) is 38.3 Å². The Morgan fingerprint density at radius 2 is 1.44 bits per heavy atom. The van der Waals surface area contributed by atoms with Gasteiger partial charge in [0, 0.05) is 32.3 Å². The molecule has 1 aromatic heterocycles. The number of aryl methyl sites for hydroxylation is 1. The number of hydrogen-bond donors (Lipinski definition) is 0. The van der Waals surface area contributed by atoms with Crippen molar-refractivity contribution < 1.29 is 58.8 Å². The number of likely N-dealkylation sites (tertiary alicyclic amines) is 1. The largest absolute Gasteiger partial charge is 1.00 e. The van der Waals surface area contributed by atoms with E-state index >= 15 is 0 Å². The molecule has 2 heterocycles. The number of benzene rings is 2. The highest BCUT2D eigenvalue weighted by Gasteiger charge is 2.43. The van der Waals surface area contributed by atoms with Crippen LogP contribution in [-0.2, 0) is 63.4 Å². The third-order valence-corrected chi connectivity index (χ3v) is 10.7. The van der Waals surface area contributed by atoms with Crippen LogP contribution in [0, 0.1) is 0 Å². The van der Waals surface area contributed by atoms with Crippen molar-refractivity contribution in [2.75, 3.05) is 26.4 Å². The van der Waals surface area contributed by atoms with Gasteiger partial charge in [-0.15, -0.1) is 0 Å². The van der Waals surface area contributed by atoms with Crippen LogP contribution in [0.25, 0.3) is 0 Å². The summed E-state index contributed by atoms with van der Waals surface area (Å²) in [4.78, 5) is 40.5. The Balaban J connectivity index is 0.00000625. The first-order chi connectivity index (χ1) is 22.8. The molecule has 14 heteroatoms. The number of carbonyl (C=O) groups is 3. The van der Waals surface area contributed by atoms with E-state index in [4.69, 9.17) is 27.5 Å². The minimum atomic E-state index is -2.73. The Morgan fingerprint density at radius 1 is 0.854 bits per heavy atom. The molecule has 3 aromatic rings. The molecule has 0 aliphatic carbocycles. The average molecular weight is 704 g/mol. The summed E-state index contributed by atoms with van der Waals surface area (Å²) in [6, 6.07) is 18.3. The number of nitrogens with zero attached hydrogens (tertiary/aromatic N) is 3. The number of hydrogen-bond acceptors (Lipinski definition) is 9. The number of rotatable bonds is 18. The van der Waals surface area contributed by atoms with E-state index in [9.17, 15) is 14.4 Å². The van der Waals surface area contributed by atoms with Crippen molar-refractivity contribution in [1.29, 1.82) is 0 Å². The minimum Gasteiger partial charge on any atom is -1.00 e. The van der Waals surface area contributed by atoms with Crippen molar-refractivity contribution in [2.24, 2.45) is 0 Å². The number of halogens is 1. The van der Waals surface area contributed by atoms with Crippen molar-refractivity contribution in [3.8, 4) is 0 Å². The number of esters is 2. The zero-order chi connectivity index (χ0) is 33.5. The molecule has 2 aromatic carbocycles. The second-order valence-corrected chi connectivity index (χ2v) is 13.8. The molecule has 48 heavy (non-hydrogen) atoms. The Morgan fingerprint density at radius 3 is 2.02 bits per heavy atom. The minimum absolute atomic E-state index is 0. The first-order valence-corrected chi connectivity index (χ1v) is 18.1. The summed E-state index contributed by atoms with van der Waals surface area (Å²) in [5.41, 5.74) is 1.64. The molecular weight excluding hydrogens is 658 g/mol. The van der Waals surface area contributed by atoms with E-state index in [0.717, 1.165) is 17.5 Å². The van der Waals surface area contributed by atoms with Gasteiger partial charge in [-0.2, -0.15) is 0 Å². The lowest BCUT2D eigenvalue weighted by molar-refractivity contribution is -0.685. The predicted molar refractivity (Wildman–Crippen MR) is 173 cm³/mol. The summed E-state index contributed by atoms with van der Waals surface area (Å²) >= 11 is 0. The first kappa shape index (κ1) is 38.7. The van der Waals surface area contributed by atoms with E-state index in [1.165, 1.54) is 4.90 Å². The van der Waals surface area contributed by atoms with Gasteiger partial charge >= 0.3 is 26.8 Å². The molecule has 0 bridgehead atoms. The van der Waals surface area contributed by atoms with Crippen LogP contribution in [0.1, 0.15) is 44.7 Å². The fourth-order valence-electron chi connectivity index (χ4n) is 5.45. The second kappa shape index (κ2) is 19.9. The number of aromatic nitrogens is 2. The van der Waals surface area contributed by atoms with E-state index in [0.29, 0.717) is 32.4 Å². The highest BCUT2D eigenvalue weighted by atomic mass is 35.5. The van der Waals surface area contributed by atoms with E-state index in [-0.39, 0.29) is 45.1 Å². The highest BCUT2D eigenvalue weighted by molar-refractivity contribution is 6.60. The summed E-state index contributed by atoms with van der Waals surface area (Å²) in [5, 5.41) is 0. The maximum atomic E-state index is 13.2. The molecule has 0 unspecified atom stereocenters. The van der Waals surface area contributed by atoms with Crippen LogP contribution >= 0.6 is 0 Å². The second-order valence-electron chi connectivity index (χ2n) is 11.1. The molecule has 1 amide bonds. The van der Waals surface area contributed by atoms with E-state index < -0.39 is 39.0 Å². The normalized spacial score (nSPS) is 15.9. The molecule has 0 N–H and O–H groups in total. The maximum Gasteiger partial charge on any atom is 0.501 e. The van der Waals surface area contributed by atoms with Crippen LogP contribution in [0.2, 0.25) is 6.04 Å². The van der Waals surface area contributed by atoms with Gasteiger partial charge < -0.3 is 39.9 Å². The molecule has 262 valence electrons. The fourth-order valence-corrected chi connectivity index (χ4v) is 8.04. The molecule has 2 atom stereocenters. The van der Waals surface area contributed by atoms with Crippen molar-refractivity contribution in [3.05, 3.63) is 90.5 Å². The number of imidazole rings is 1. The standard InChI is InChI=1S/C34H46N3O9Si.ClH/c1-4-43-47(44-5-2,45-6-3)21-13-18-35-19-20-36(27-35)24-32(38)46-30-22-31(33(39)41-25-28-14-9-7-10-15-28)37(23-30)34(40)42-26-29-16-11-8-12-17-29;/h7-12,14-17,19-20,27,30-31H,4-6,13,18,21-26H2,1-3H3;1H/q+1;/p-1/t30-,31+;/m1./s1. The number of ether oxygens (including phenoxy) is 3. The number of carbonyl (C=O) groups excluding carboxylic acids is 3. The molecule has 12 nitrogen and oxygen atoms in total. The molecule has 1 aliphatic rings. The van der Waals surface area contributed by atoms with Crippen LogP contribution in [-0.4, -0.2) is 74.8 Å². The van der Waals surface area contributed by atoms with Gasteiger partial charge in [0.1, 0.15) is 37.8 Å². The van der Waals surface area contributed by atoms with Crippen molar-refractivity contribution in [1.82, 2.24) is 9.47 Å². The molecule has 0 saturated carbocycles. The van der Waals surface area contributed by atoms with Gasteiger partial charge in [-0.1, -0.05) is 60.7 Å². The Kier molecular flexibility index (Phi) is 16.1. The van der Waals surface area contributed by atoms with E-state index in [2.05, 4.69) is 0 Å². The quantitative estimate of drug-likeness (QED) is 0.0836. The van der Waals surface area contributed by atoms with Gasteiger partial charge in [0.25, 0.3) is 0 Å². The van der Waals surface area contributed by atoms with Crippen LogP contribution in [0.3, 0.4) is 0 Å². The lowest BCUT2D eigenvalue weighted by Gasteiger charge is -2.28. The zero-order valence-electron chi connectivity index (χ0n) is 27.8. The van der Waals surface area contributed by atoms with Gasteiger partial charge in [-0.3, -0.25) is 4.90 Å². The summed E-state index contributed by atoms with van der Waals surface area (Å²) in [5.74, 6) is -1.07. The van der Waals surface area contributed by atoms with Crippen molar-refractivity contribution in [2.45, 2.75) is 78.1 Å². The van der Waals surface area contributed by atoms with Gasteiger partial charge in [0.2, 0.25) is 6.33 Å². The van der Waals surface area contributed by atoms with Crippen LogP contribution < -0.4 is 17.0 Å². The molecule has 4 rings (SSSR count). The molecule has 1 aliphatic heterocycles. The Bertz CT molecular complexity index is 1330. The average Bonchev–Trinajstić information content (AvgIpc) is 3.70. The lowest BCUT2D eigenvalue weighted by Crippen LogP contribution is -3.00. The monoisotopic (exact) mass is 703 g/mol. The van der Waals surface area contributed by atoms with Crippen LogP contribution in [0.15, 0.2) is 79.4 Å². The third kappa shape index (κ3) is 11.7. The maximum absolute atomic E-state index is 13.2. The molecule has 1 saturated heterocycles. The molecule has 0 radical (unpaired) electrons. The molecule has 0 spiro atoms. The Hall–Kier alpha value is -3.75. The highest BCUT2D eigenvalue weighted by Crippen LogP contribution is 2.24. The first-order valence-electron chi connectivity index (χ1n) is 16.2. The van der Waals surface area contributed by atoms with Gasteiger partial charge in [0.15, 0.2) is 6.54 Å². The lowest BCUT2D eigenvalue weighted by atomic mass is 10.2. The zero-order valence-corrected chi connectivity index (χ0v) is 29.6. The van der Waals surface area contributed by atoms with Crippen LogP contribution in [0.5, 0.6) is 0 Å². The van der Waals surface area contributed by atoms with E-state index in [1.54, 1.807) is 10.8 Å². The van der Waals surface area contributed by atoms with Crippen molar-refractivity contribution in [3.63, 3.8) is 0 Å². The van der Waals surface area contributed by atoms with Gasteiger partial charge in [0.05, 0.1) is 13.1 Å². The third-order valence-electron chi connectivity index (χ3n) is 7.55. The SMILES string of the molecule is CCO[Si](CCCn1cc[n+](CC(=O)O[C@@H]2C[C@@H](C(=O)OCc3ccccc3)N(C(=O)OCc3ccccc3)C2)c1)(OCC)OCC.[Cl-]. The summed E-state index contributed by atoms with van der Waals surface area (Å²) < 4.78 is 38.3. The molecular formula is C34H46ClN3O9Si. The summed E-state index contributed by atoms with van der Waals surface area (Å²) in [7, 11) is -2.73. The summed E-state index contributed by atoms with van der Waals surface area (Å²) in [6.45, 7) is 8.19. The van der Waals surface area contributed by atoms with Gasteiger partial charge in [-0.25, -0.2) is 23.5 Å². The van der Waals surface area contributed by atoms with Crippen molar-refractivity contribution >= 4 is 26.8 Å². The topological polar surface area (TPSA) is 119 Å². The fraction of sp³-hybridized carbons (Fsp3) is 0.471. The van der Waals surface area contributed by atoms with E-state index in [1.807, 2.05) is 98.5 Å². The van der Waals surface area contributed by atoms with Crippen LogP contribution in [0.4, 0.5) is 4.79 Å². The Labute approximate surface area is 289 Å². The smallest absolute Gasteiger partial charge is 0.501 e. The molecule has 1 fully saturated rings. The summed E-state index contributed by atoms with van der Waals surface area (Å²) in [6.07, 6.45) is 5.03. The number of amides is 1.